The molecule has 4 rings (SSSR count). The predicted octanol–water partition coefficient (Wildman–Crippen LogP) is -3.85. The summed E-state index contributed by atoms with van der Waals surface area (Å²) in [5.74, 6) is -0.276. The Morgan fingerprint density at radius 3 is 1.80 bits per heavy atom. The van der Waals surface area contributed by atoms with Gasteiger partial charge in [-0.05, 0) is 12.1 Å². The Morgan fingerprint density at radius 1 is 0.805 bits per heavy atom. The van der Waals surface area contributed by atoms with Crippen LogP contribution in [0, 0.1) is 0 Å². The third-order valence-electron chi connectivity index (χ3n) is 5.96. The van der Waals surface area contributed by atoms with Gasteiger partial charge in [-0.1, -0.05) is 0 Å². The molecule has 21 nitrogen and oxygen atoms in total. The molecule has 0 saturated carbocycles. The van der Waals surface area contributed by atoms with Crippen LogP contribution in [0.4, 0.5) is 11.6 Å². The van der Waals surface area contributed by atoms with Crippen molar-refractivity contribution < 1.29 is 62.2 Å². The molecule has 0 aromatic carbocycles. The highest BCUT2D eigenvalue weighted by atomic mass is 31.2. The Kier molecular flexibility index (Phi) is 9.12. The summed E-state index contributed by atoms with van der Waals surface area (Å²) in [4.78, 5) is 59.7. The number of aliphatic hydroxyl groups excluding tert-OH is 3. The lowest BCUT2D eigenvalue weighted by Crippen LogP contribution is -2.38. The SMILES string of the molecule is Nc1ccn(C2OC(COP(=O)(O)OC3C(COP(=O)(O)O)OC(n4ccc(N)nc4=O)C3O)C(O)C2O)c(=O)n1. The molecule has 4 heterocycles. The lowest BCUT2D eigenvalue weighted by molar-refractivity contribution is -0.0611. The van der Waals surface area contributed by atoms with Gasteiger partial charge < -0.3 is 50.9 Å². The first-order valence-corrected chi connectivity index (χ1v) is 14.5. The largest absolute Gasteiger partial charge is 0.472 e. The van der Waals surface area contributed by atoms with Crippen molar-refractivity contribution in [3.05, 3.63) is 45.5 Å². The van der Waals surface area contributed by atoms with Crippen LogP contribution in [0.15, 0.2) is 34.1 Å². The van der Waals surface area contributed by atoms with Crippen molar-refractivity contribution in [2.45, 2.75) is 49.1 Å². The molecule has 10 N–H and O–H groups in total. The van der Waals surface area contributed by atoms with E-state index in [1.807, 2.05) is 0 Å². The molecule has 23 heteroatoms. The summed E-state index contributed by atoms with van der Waals surface area (Å²) in [5.41, 5.74) is 8.95. The molecule has 9 unspecified atom stereocenters. The maximum absolute atomic E-state index is 12.8. The summed E-state index contributed by atoms with van der Waals surface area (Å²) in [5, 5.41) is 31.4. The Balaban J connectivity index is 1.47. The van der Waals surface area contributed by atoms with Gasteiger partial charge in [-0.2, -0.15) is 9.97 Å². The Morgan fingerprint density at radius 2 is 1.29 bits per heavy atom. The third kappa shape index (κ3) is 7.24. The van der Waals surface area contributed by atoms with Crippen LogP contribution in [0.3, 0.4) is 0 Å². The number of aliphatic hydroxyl groups is 3. The second-order valence-corrected chi connectivity index (χ2v) is 11.5. The molecule has 0 aliphatic carbocycles. The average Bonchev–Trinajstić information content (AvgIpc) is 3.31. The number of hydrogen-bond donors (Lipinski definition) is 8. The quantitative estimate of drug-likeness (QED) is 0.117. The molecule has 2 aromatic rings. The second-order valence-electron chi connectivity index (χ2n) is 8.81. The summed E-state index contributed by atoms with van der Waals surface area (Å²) < 4.78 is 50.6. The number of nitrogens with two attached hydrogens (primary N) is 2. The highest BCUT2D eigenvalue weighted by Crippen LogP contribution is 2.49. The zero-order valence-electron chi connectivity index (χ0n) is 20.5. The molecule has 228 valence electrons. The van der Waals surface area contributed by atoms with Gasteiger partial charge in [-0.3, -0.25) is 22.7 Å². The topological polar surface area (TPSA) is 323 Å². The monoisotopic (exact) mass is 628 g/mol. The van der Waals surface area contributed by atoms with Gasteiger partial charge >= 0.3 is 27.0 Å². The van der Waals surface area contributed by atoms with Crippen molar-refractivity contribution >= 4 is 27.3 Å². The number of nitrogens with zero attached hydrogens (tertiary/aromatic N) is 4. The molecule has 0 amide bonds. The van der Waals surface area contributed by atoms with Crippen LogP contribution in [0.2, 0.25) is 0 Å². The van der Waals surface area contributed by atoms with Gasteiger partial charge in [0.1, 0.15) is 48.3 Å². The number of phosphoric ester groups is 2. The Bertz CT molecular complexity index is 1470. The normalized spacial score (nSPS) is 31.8. The molecule has 0 bridgehead atoms. The van der Waals surface area contributed by atoms with Crippen LogP contribution >= 0.6 is 15.6 Å². The van der Waals surface area contributed by atoms with Crippen molar-refractivity contribution in [2.75, 3.05) is 24.7 Å². The lowest BCUT2D eigenvalue weighted by atomic mass is 10.1. The van der Waals surface area contributed by atoms with E-state index in [1.54, 1.807) is 0 Å². The predicted molar refractivity (Wildman–Crippen MR) is 130 cm³/mol. The standard InChI is InChI=1S/C18H26N6O15P2/c19-9-1-3-23(17(28)21-9)15-12(26)11(25)7(37-15)5-36-41(33,34)39-14-8(6-35-40(30,31)32)38-16(13(14)27)24-4-2-10(20)22-18(24)29/h1-4,7-8,11-16,25-27H,5-6H2,(H,33,34)(H2,19,21,28)(H2,20,22,29)(H2,30,31,32). The fourth-order valence-electron chi connectivity index (χ4n) is 4.07. The van der Waals surface area contributed by atoms with Crippen molar-refractivity contribution in [3.63, 3.8) is 0 Å². The first-order chi connectivity index (χ1) is 19.1. The molecule has 2 aliphatic rings. The average molecular weight is 628 g/mol. The smallest absolute Gasteiger partial charge is 0.387 e. The van der Waals surface area contributed by atoms with Crippen LogP contribution in [0.1, 0.15) is 12.5 Å². The number of aromatic nitrogens is 4. The minimum atomic E-state index is -5.21. The highest BCUT2D eigenvalue weighted by Gasteiger charge is 2.51. The maximum atomic E-state index is 12.8. The fraction of sp³-hybridized carbons (Fsp3) is 0.556. The van der Waals surface area contributed by atoms with Crippen LogP contribution in [0.25, 0.3) is 0 Å². The molecule has 2 aliphatic heterocycles. The zero-order chi connectivity index (χ0) is 30.3. The van der Waals surface area contributed by atoms with E-state index in [1.165, 1.54) is 12.1 Å². The summed E-state index contributed by atoms with van der Waals surface area (Å²) in [7, 11) is -10.3. The molecule has 0 spiro atoms. The number of anilines is 2. The van der Waals surface area contributed by atoms with E-state index in [4.69, 9.17) is 39.8 Å². The van der Waals surface area contributed by atoms with Crippen LogP contribution in [0.5, 0.6) is 0 Å². The van der Waals surface area contributed by atoms with E-state index < -0.39 is 89.3 Å². The van der Waals surface area contributed by atoms with Crippen molar-refractivity contribution in [3.8, 4) is 0 Å². The minimum absolute atomic E-state index is 0.111. The number of ether oxygens (including phenoxy) is 2. The van der Waals surface area contributed by atoms with Gasteiger partial charge in [0.15, 0.2) is 12.5 Å². The van der Waals surface area contributed by atoms with Gasteiger partial charge in [0.25, 0.3) is 0 Å². The molecule has 0 radical (unpaired) electrons. The molecular formula is C18H26N6O15P2. The first-order valence-electron chi connectivity index (χ1n) is 11.5. The van der Waals surface area contributed by atoms with Gasteiger partial charge in [0, 0.05) is 12.4 Å². The first kappa shape index (κ1) is 31.3. The summed E-state index contributed by atoms with van der Waals surface area (Å²) in [6.45, 7) is -1.86. The number of phosphoric acid groups is 2. The maximum Gasteiger partial charge on any atom is 0.472 e. The number of nitrogen functional groups attached to an aromatic ring is 2. The molecular weight excluding hydrogens is 602 g/mol. The van der Waals surface area contributed by atoms with Crippen molar-refractivity contribution in [2.24, 2.45) is 0 Å². The van der Waals surface area contributed by atoms with Crippen LogP contribution < -0.4 is 22.8 Å². The molecule has 2 aromatic heterocycles. The van der Waals surface area contributed by atoms with Crippen molar-refractivity contribution in [1.82, 2.24) is 19.1 Å². The molecule has 41 heavy (non-hydrogen) atoms. The summed E-state index contributed by atoms with van der Waals surface area (Å²) >= 11 is 0. The van der Waals surface area contributed by atoms with E-state index in [2.05, 4.69) is 14.5 Å². The van der Waals surface area contributed by atoms with E-state index in [0.29, 0.717) is 0 Å². The fourth-order valence-corrected chi connectivity index (χ4v) is 5.38. The minimum Gasteiger partial charge on any atom is -0.387 e. The lowest BCUT2D eigenvalue weighted by Gasteiger charge is -2.24. The van der Waals surface area contributed by atoms with E-state index in [0.717, 1.165) is 21.5 Å². The third-order valence-corrected chi connectivity index (χ3v) is 7.43. The van der Waals surface area contributed by atoms with E-state index in [-0.39, 0.29) is 11.6 Å². The van der Waals surface area contributed by atoms with Gasteiger partial charge in [0.2, 0.25) is 0 Å². The van der Waals surface area contributed by atoms with E-state index in [9.17, 15) is 38.9 Å². The molecule has 9 atom stereocenters. The molecule has 2 saturated heterocycles. The Labute approximate surface area is 228 Å². The number of hydrogen-bond acceptors (Lipinski definition) is 16. The Hall–Kier alpha value is -2.62. The molecule has 2 fully saturated rings. The van der Waals surface area contributed by atoms with Crippen molar-refractivity contribution in [1.29, 1.82) is 0 Å². The van der Waals surface area contributed by atoms with Crippen LogP contribution in [-0.2, 0) is 32.2 Å². The summed E-state index contributed by atoms with van der Waals surface area (Å²) in [6, 6.07) is 2.41. The summed E-state index contributed by atoms with van der Waals surface area (Å²) in [6.07, 6.45) is -11.2. The number of rotatable bonds is 10. The zero-order valence-corrected chi connectivity index (χ0v) is 22.3. The second kappa shape index (κ2) is 11.9. The van der Waals surface area contributed by atoms with Gasteiger partial charge in [-0.25, -0.2) is 18.7 Å². The van der Waals surface area contributed by atoms with Gasteiger partial charge in [0.05, 0.1) is 13.2 Å². The van der Waals surface area contributed by atoms with Crippen LogP contribution in [-0.4, -0.2) is 98.9 Å². The highest BCUT2D eigenvalue weighted by molar-refractivity contribution is 7.47. The van der Waals surface area contributed by atoms with E-state index >= 15 is 0 Å². The van der Waals surface area contributed by atoms with Gasteiger partial charge in [-0.15, -0.1) is 0 Å².